The van der Waals surface area contributed by atoms with E-state index in [4.69, 9.17) is 4.74 Å². The number of carbonyl (C=O) groups is 1. The van der Waals surface area contributed by atoms with E-state index in [0.717, 1.165) is 16.7 Å². The van der Waals surface area contributed by atoms with Gasteiger partial charge in [-0.1, -0.05) is 0 Å². The Kier molecular flexibility index (Phi) is 2.99. The zero-order valence-corrected chi connectivity index (χ0v) is 11.3. The molecule has 3 aromatic rings. The average Bonchev–Trinajstić information content (AvgIpc) is 2.84. The number of ether oxygens (including phenoxy) is 1. The first-order chi connectivity index (χ1) is 9.70. The van der Waals surface area contributed by atoms with E-state index in [0.29, 0.717) is 11.1 Å². The van der Waals surface area contributed by atoms with Crippen LogP contribution in [0.15, 0.2) is 48.9 Å². The Labute approximate surface area is 116 Å². The maximum atomic E-state index is 12.6. The fourth-order valence-electron chi connectivity index (χ4n) is 2.31. The van der Waals surface area contributed by atoms with E-state index >= 15 is 0 Å². The Morgan fingerprint density at radius 3 is 2.65 bits per heavy atom. The monoisotopic (exact) mass is 266 g/mol. The number of nitrogens with zero attached hydrogens (tertiary/aromatic N) is 2. The molecule has 2 aromatic heterocycles. The average molecular weight is 266 g/mol. The predicted molar refractivity (Wildman–Crippen MR) is 77.1 cm³/mol. The third-order valence-corrected chi connectivity index (χ3v) is 3.39. The number of hydrogen-bond acceptors (Lipinski definition) is 3. The Bertz CT molecular complexity index is 773. The summed E-state index contributed by atoms with van der Waals surface area (Å²) in [7, 11) is 3.52. The smallest absolute Gasteiger partial charge is 0.195 e. The van der Waals surface area contributed by atoms with Gasteiger partial charge in [-0.05, 0) is 30.3 Å². The van der Waals surface area contributed by atoms with Crippen molar-refractivity contribution in [1.82, 2.24) is 9.55 Å². The van der Waals surface area contributed by atoms with Gasteiger partial charge in [-0.3, -0.25) is 9.78 Å². The summed E-state index contributed by atoms with van der Waals surface area (Å²) in [5, 5.41) is 0.920. The Morgan fingerprint density at radius 1 is 1.20 bits per heavy atom. The van der Waals surface area contributed by atoms with Crippen molar-refractivity contribution < 1.29 is 9.53 Å². The second kappa shape index (κ2) is 4.81. The van der Waals surface area contributed by atoms with Crippen molar-refractivity contribution >= 4 is 16.7 Å². The highest BCUT2D eigenvalue weighted by atomic mass is 16.5. The normalized spacial score (nSPS) is 10.7. The number of methoxy groups -OCH3 is 1. The molecule has 0 spiro atoms. The number of aryl methyl sites for hydroxylation is 1. The zero-order chi connectivity index (χ0) is 14.1. The lowest BCUT2D eigenvalue weighted by molar-refractivity contribution is 0.104. The van der Waals surface area contributed by atoms with E-state index in [2.05, 4.69) is 4.98 Å². The molecule has 0 aliphatic rings. The van der Waals surface area contributed by atoms with Gasteiger partial charge in [-0.15, -0.1) is 0 Å². The standard InChI is InChI=1S/C16H14N2O2/c1-18-10-14(13-7-8-17-9-15(13)18)16(19)11-3-5-12(20-2)6-4-11/h3-10H,1-2H3. The third kappa shape index (κ3) is 1.95. The number of ketones is 1. The van der Waals surface area contributed by atoms with Crippen LogP contribution in [-0.2, 0) is 7.05 Å². The first-order valence-electron chi connectivity index (χ1n) is 6.28. The molecule has 0 aliphatic heterocycles. The van der Waals surface area contributed by atoms with Crippen LogP contribution in [0, 0.1) is 0 Å². The number of carbonyl (C=O) groups excluding carboxylic acids is 1. The van der Waals surface area contributed by atoms with Crippen molar-refractivity contribution in [3.63, 3.8) is 0 Å². The molecule has 4 heteroatoms. The van der Waals surface area contributed by atoms with Gasteiger partial charge >= 0.3 is 0 Å². The minimum Gasteiger partial charge on any atom is -0.497 e. The number of pyridine rings is 1. The van der Waals surface area contributed by atoms with E-state index in [1.54, 1.807) is 43.8 Å². The summed E-state index contributed by atoms with van der Waals surface area (Å²) in [6.07, 6.45) is 5.31. The minimum atomic E-state index is 0.00412. The van der Waals surface area contributed by atoms with Crippen LogP contribution in [0.1, 0.15) is 15.9 Å². The van der Waals surface area contributed by atoms with Gasteiger partial charge in [0.25, 0.3) is 0 Å². The molecule has 0 N–H and O–H groups in total. The van der Waals surface area contributed by atoms with Crippen molar-refractivity contribution in [3.05, 3.63) is 60.0 Å². The van der Waals surface area contributed by atoms with Crippen LogP contribution in [0.3, 0.4) is 0 Å². The summed E-state index contributed by atoms with van der Waals surface area (Å²) in [5.41, 5.74) is 2.29. The highest BCUT2D eigenvalue weighted by molar-refractivity contribution is 6.16. The lowest BCUT2D eigenvalue weighted by Crippen LogP contribution is -2.00. The van der Waals surface area contributed by atoms with E-state index in [-0.39, 0.29) is 5.78 Å². The van der Waals surface area contributed by atoms with Crippen LogP contribution in [0.2, 0.25) is 0 Å². The Balaban J connectivity index is 2.08. The van der Waals surface area contributed by atoms with Crippen LogP contribution < -0.4 is 4.74 Å². The van der Waals surface area contributed by atoms with E-state index < -0.39 is 0 Å². The zero-order valence-electron chi connectivity index (χ0n) is 11.3. The molecule has 0 saturated carbocycles. The maximum absolute atomic E-state index is 12.6. The first kappa shape index (κ1) is 12.4. The number of fused-ring (bicyclic) bond motifs is 1. The molecule has 0 fully saturated rings. The van der Waals surface area contributed by atoms with Gasteiger partial charge in [0.2, 0.25) is 0 Å². The van der Waals surface area contributed by atoms with Crippen molar-refractivity contribution in [2.24, 2.45) is 7.05 Å². The van der Waals surface area contributed by atoms with Crippen molar-refractivity contribution in [2.75, 3.05) is 7.11 Å². The molecule has 0 bridgehead atoms. The van der Waals surface area contributed by atoms with Gasteiger partial charge in [0.15, 0.2) is 5.78 Å². The Morgan fingerprint density at radius 2 is 1.95 bits per heavy atom. The van der Waals surface area contributed by atoms with Crippen LogP contribution in [0.25, 0.3) is 10.9 Å². The first-order valence-corrected chi connectivity index (χ1v) is 6.28. The van der Waals surface area contributed by atoms with Gasteiger partial charge in [0.05, 0.1) is 18.8 Å². The van der Waals surface area contributed by atoms with Gasteiger partial charge < -0.3 is 9.30 Å². The van der Waals surface area contributed by atoms with Gasteiger partial charge in [-0.25, -0.2) is 0 Å². The quantitative estimate of drug-likeness (QED) is 0.685. The molecule has 1 aromatic carbocycles. The van der Waals surface area contributed by atoms with Gasteiger partial charge in [0.1, 0.15) is 5.75 Å². The van der Waals surface area contributed by atoms with Crippen LogP contribution in [-0.4, -0.2) is 22.4 Å². The molecule has 20 heavy (non-hydrogen) atoms. The maximum Gasteiger partial charge on any atom is 0.195 e. The lowest BCUT2D eigenvalue weighted by Gasteiger charge is -2.02. The van der Waals surface area contributed by atoms with Gasteiger partial charge in [-0.2, -0.15) is 0 Å². The summed E-state index contributed by atoms with van der Waals surface area (Å²) in [5.74, 6) is 0.744. The van der Waals surface area contributed by atoms with Gasteiger partial charge in [0, 0.05) is 36.0 Å². The van der Waals surface area contributed by atoms with Crippen LogP contribution in [0.5, 0.6) is 5.75 Å². The van der Waals surface area contributed by atoms with Crippen LogP contribution in [0.4, 0.5) is 0 Å². The molecule has 2 heterocycles. The molecule has 0 aliphatic carbocycles. The summed E-state index contributed by atoms with van der Waals surface area (Å²) in [6, 6.07) is 9.01. The predicted octanol–water partition coefficient (Wildman–Crippen LogP) is 2.81. The molecule has 100 valence electrons. The largest absolute Gasteiger partial charge is 0.497 e. The van der Waals surface area contributed by atoms with E-state index in [9.17, 15) is 4.79 Å². The van der Waals surface area contributed by atoms with E-state index in [1.165, 1.54) is 0 Å². The fraction of sp³-hybridized carbons (Fsp3) is 0.125. The molecular weight excluding hydrogens is 252 g/mol. The summed E-state index contributed by atoms with van der Waals surface area (Å²) in [6.45, 7) is 0. The fourth-order valence-corrected chi connectivity index (χ4v) is 2.31. The lowest BCUT2D eigenvalue weighted by atomic mass is 10.0. The SMILES string of the molecule is COc1ccc(C(=O)c2cn(C)c3cnccc23)cc1. The van der Waals surface area contributed by atoms with Crippen molar-refractivity contribution in [3.8, 4) is 5.75 Å². The highest BCUT2D eigenvalue weighted by Crippen LogP contribution is 2.23. The molecule has 0 amide bonds. The Hall–Kier alpha value is -2.62. The minimum absolute atomic E-state index is 0.00412. The summed E-state index contributed by atoms with van der Waals surface area (Å²) >= 11 is 0. The summed E-state index contributed by atoms with van der Waals surface area (Å²) in [4.78, 5) is 16.7. The third-order valence-electron chi connectivity index (χ3n) is 3.39. The number of hydrogen-bond donors (Lipinski definition) is 0. The molecule has 0 unspecified atom stereocenters. The molecule has 0 atom stereocenters. The molecule has 3 rings (SSSR count). The molecular formula is C16H14N2O2. The highest BCUT2D eigenvalue weighted by Gasteiger charge is 2.15. The molecule has 4 nitrogen and oxygen atoms in total. The topological polar surface area (TPSA) is 44.1 Å². The number of rotatable bonds is 3. The number of benzene rings is 1. The van der Waals surface area contributed by atoms with Crippen molar-refractivity contribution in [2.45, 2.75) is 0 Å². The number of aromatic nitrogens is 2. The molecule has 0 radical (unpaired) electrons. The second-order valence-electron chi connectivity index (χ2n) is 4.60. The van der Waals surface area contributed by atoms with Crippen LogP contribution >= 0.6 is 0 Å². The summed E-state index contributed by atoms with van der Waals surface area (Å²) < 4.78 is 7.02. The van der Waals surface area contributed by atoms with E-state index in [1.807, 2.05) is 23.9 Å². The molecule has 0 saturated heterocycles. The second-order valence-corrected chi connectivity index (χ2v) is 4.60. The van der Waals surface area contributed by atoms with Crippen molar-refractivity contribution in [1.29, 1.82) is 0 Å².